The Morgan fingerprint density at radius 1 is 0.318 bits per heavy atom. The lowest BCUT2D eigenvalue weighted by atomic mass is 10.1. The summed E-state index contributed by atoms with van der Waals surface area (Å²) < 4.78 is 16.7. The van der Waals surface area contributed by atoms with Crippen LogP contribution >= 0.6 is 0 Å². The van der Waals surface area contributed by atoms with Gasteiger partial charge in [0.05, 0.1) is 45.5 Å². The van der Waals surface area contributed by atoms with Gasteiger partial charge in [0.25, 0.3) is 0 Å². The number of aliphatic carboxylic acids is 1. The van der Waals surface area contributed by atoms with E-state index in [-0.39, 0.29) is 30.7 Å². The fraction of sp³-hybridized carbons (Fsp3) is 0.927. The topological polar surface area (TPSA) is 126 Å². The molecule has 11 heteroatoms. The molecule has 0 saturated heterocycles. The highest BCUT2D eigenvalue weighted by Crippen LogP contribution is 2.14. The summed E-state index contributed by atoms with van der Waals surface area (Å²) in [6, 6.07) is 0. The zero-order valence-electron chi connectivity index (χ0n) is 43.9. The summed E-state index contributed by atoms with van der Waals surface area (Å²) in [5.41, 5.74) is 0. The Kier molecular flexibility index (Phi) is 48.9. The SMILES string of the molecule is CCCCCCCCCCCCOC(=O)CCN(CCCN(C)CCCN(CCC(=O)OCCCCCCCCCCCC)CCC(=O)OCCCCCCCCCCCC)CCC(=O)O. The lowest BCUT2D eigenvalue weighted by Crippen LogP contribution is -2.34. The first-order valence-electron chi connectivity index (χ1n) is 28.0. The second-order valence-corrected chi connectivity index (χ2v) is 19.3. The number of carbonyl (C=O) groups excluding carboxylic acids is 3. The van der Waals surface area contributed by atoms with E-state index >= 15 is 0 Å². The molecule has 0 aromatic rings. The van der Waals surface area contributed by atoms with E-state index in [9.17, 15) is 24.3 Å². The molecule has 0 saturated carbocycles. The maximum atomic E-state index is 12.7. The van der Waals surface area contributed by atoms with Crippen LogP contribution < -0.4 is 0 Å². The fourth-order valence-electron chi connectivity index (χ4n) is 8.46. The molecule has 11 nitrogen and oxygen atoms in total. The van der Waals surface area contributed by atoms with Crippen LogP contribution in [0.5, 0.6) is 0 Å². The van der Waals surface area contributed by atoms with E-state index in [1.165, 1.54) is 154 Å². The molecule has 0 spiro atoms. The van der Waals surface area contributed by atoms with Gasteiger partial charge in [0, 0.05) is 26.2 Å². The predicted molar refractivity (Wildman–Crippen MR) is 274 cm³/mol. The first kappa shape index (κ1) is 63.8. The van der Waals surface area contributed by atoms with Crippen LogP contribution in [0, 0.1) is 0 Å². The molecule has 0 aliphatic rings. The number of nitrogens with zero attached hydrogens (tertiary/aromatic N) is 3. The van der Waals surface area contributed by atoms with Crippen molar-refractivity contribution in [2.24, 2.45) is 0 Å². The minimum atomic E-state index is -0.838. The molecule has 1 N–H and O–H groups in total. The van der Waals surface area contributed by atoms with Gasteiger partial charge in [-0.1, -0.05) is 194 Å². The number of rotatable bonds is 53. The van der Waals surface area contributed by atoms with Crippen molar-refractivity contribution in [3.05, 3.63) is 0 Å². The molecule has 0 bridgehead atoms. The van der Waals surface area contributed by atoms with Crippen molar-refractivity contribution in [1.29, 1.82) is 0 Å². The molecular formula is C55H107N3O8. The van der Waals surface area contributed by atoms with E-state index in [2.05, 4.69) is 42.5 Å². The molecule has 0 aliphatic carbocycles. The minimum Gasteiger partial charge on any atom is -0.481 e. The number of hydrogen-bond donors (Lipinski definition) is 1. The third-order valence-corrected chi connectivity index (χ3v) is 12.8. The Labute approximate surface area is 407 Å². The maximum Gasteiger partial charge on any atom is 0.307 e. The van der Waals surface area contributed by atoms with Gasteiger partial charge >= 0.3 is 23.9 Å². The van der Waals surface area contributed by atoms with Gasteiger partial charge in [-0.2, -0.15) is 0 Å². The van der Waals surface area contributed by atoms with Crippen LogP contribution in [0.25, 0.3) is 0 Å². The van der Waals surface area contributed by atoms with Gasteiger partial charge in [-0.3, -0.25) is 19.2 Å². The number of ether oxygens (including phenoxy) is 3. The summed E-state index contributed by atoms with van der Waals surface area (Å²) in [6.07, 6.45) is 39.8. The lowest BCUT2D eigenvalue weighted by molar-refractivity contribution is -0.145. The summed E-state index contributed by atoms with van der Waals surface area (Å²) in [7, 11) is 2.09. The number of esters is 3. The van der Waals surface area contributed by atoms with Crippen LogP contribution in [-0.4, -0.2) is 123 Å². The van der Waals surface area contributed by atoms with Gasteiger partial charge in [0.1, 0.15) is 0 Å². The molecule has 0 aromatic carbocycles. The van der Waals surface area contributed by atoms with Crippen molar-refractivity contribution in [3.8, 4) is 0 Å². The Morgan fingerprint density at radius 3 is 0.818 bits per heavy atom. The summed E-state index contributed by atoms with van der Waals surface area (Å²) in [6.45, 7) is 13.3. The van der Waals surface area contributed by atoms with Crippen molar-refractivity contribution >= 4 is 23.9 Å². The van der Waals surface area contributed by atoms with Crippen molar-refractivity contribution in [3.63, 3.8) is 0 Å². The second kappa shape index (κ2) is 50.6. The average molecular weight is 938 g/mol. The maximum absolute atomic E-state index is 12.7. The second-order valence-electron chi connectivity index (χ2n) is 19.3. The number of hydrogen-bond acceptors (Lipinski definition) is 10. The molecule has 0 aromatic heterocycles. The highest BCUT2D eigenvalue weighted by Gasteiger charge is 2.15. The van der Waals surface area contributed by atoms with Crippen LogP contribution in [0.3, 0.4) is 0 Å². The summed E-state index contributed by atoms with van der Waals surface area (Å²) in [5, 5.41) is 9.33. The first-order valence-corrected chi connectivity index (χ1v) is 28.0. The summed E-state index contributed by atoms with van der Waals surface area (Å²) in [4.78, 5) is 55.8. The monoisotopic (exact) mass is 938 g/mol. The number of carboxylic acids is 1. The van der Waals surface area contributed by atoms with Gasteiger partial charge in [-0.25, -0.2) is 0 Å². The van der Waals surface area contributed by atoms with Gasteiger partial charge in [0.2, 0.25) is 0 Å². The third-order valence-electron chi connectivity index (χ3n) is 12.8. The van der Waals surface area contributed by atoms with E-state index in [1.807, 2.05) is 0 Å². The summed E-state index contributed by atoms with van der Waals surface area (Å²) >= 11 is 0. The van der Waals surface area contributed by atoms with E-state index < -0.39 is 5.97 Å². The zero-order valence-corrected chi connectivity index (χ0v) is 43.9. The third kappa shape index (κ3) is 48.2. The molecule has 0 aliphatic heterocycles. The van der Waals surface area contributed by atoms with Gasteiger partial charge < -0.3 is 34.0 Å². The molecule has 0 radical (unpaired) electrons. The Hall–Kier alpha value is -2.24. The van der Waals surface area contributed by atoms with Crippen LogP contribution in [-0.2, 0) is 33.4 Å². The average Bonchev–Trinajstić information content (AvgIpc) is 3.30. The molecular weight excluding hydrogens is 831 g/mol. The molecule has 390 valence electrons. The zero-order chi connectivity index (χ0) is 48.4. The van der Waals surface area contributed by atoms with Crippen molar-refractivity contribution in [2.45, 2.75) is 252 Å². The fourth-order valence-corrected chi connectivity index (χ4v) is 8.46. The van der Waals surface area contributed by atoms with Crippen LogP contribution in [0.1, 0.15) is 252 Å². The van der Waals surface area contributed by atoms with Crippen LogP contribution in [0.4, 0.5) is 0 Å². The highest BCUT2D eigenvalue weighted by molar-refractivity contribution is 5.70. The van der Waals surface area contributed by atoms with Crippen LogP contribution in [0.15, 0.2) is 0 Å². The van der Waals surface area contributed by atoms with E-state index in [0.29, 0.717) is 65.4 Å². The normalized spacial score (nSPS) is 11.6. The first-order chi connectivity index (χ1) is 32.2. The molecule has 0 amide bonds. The van der Waals surface area contributed by atoms with Gasteiger partial charge in [-0.15, -0.1) is 0 Å². The lowest BCUT2D eigenvalue weighted by Gasteiger charge is -2.25. The van der Waals surface area contributed by atoms with Crippen LogP contribution in [0.2, 0.25) is 0 Å². The standard InChI is InChI=1S/C55H107N3O8/c1-5-8-11-14-17-20-23-26-29-32-49-64-53(61)38-46-57(45-37-52(59)60)43-35-41-56(4)42-36-44-58(47-39-54(62)65-50-33-30-27-24-21-18-15-12-9-6-2)48-40-55(63)66-51-34-31-28-25-22-19-16-13-10-7-3/h5-51H2,1-4H3,(H,59,60). The Morgan fingerprint density at radius 2 is 0.561 bits per heavy atom. The molecule has 0 unspecified atom stereocenters. The van der Waals surface area contributed by atoms with Crippen molar-refractivity contribution < 1.29 is 38.5 Å². The van der Waals surface area contributed by atoms with Crippen molar-refractivity contribution in [1.82, 2.24) is 14.7 Å². The molecule has 0 rings (SSSR count). The van der Waals surface area contributed by atoms with E-state index in [0.717, 1.165) is 71.0 Å². The van der Waals surface area contributed by atoms with Gasteiger partial charge in [-0.05, 0) is 65.3 Å². The van der Waals surface area contributed by atoms with Crippen molar-refractivity contribution in [2.75, 3.05) is 79.2 Å². The van der Waals surface area contributed by atoms with E-state index in [1.54, 1.807) is 0 Å². The minimum absolute atomic E-state index is 0.0407. The number of carboxylic acid groups (broad SMARTS) is 1. The molecule has 66 heavy (non-hydrogen) atoms. The molecule has 0 fully saturated rings. The number of unbranched alkanes of at least 4 members (excludes halogenated alkanes) is 27. The Bertz CT molecular complexity index is 1050. The Balaban J connectivity index is 4.68. The van der Waals surface area contributed by atoms with Gasteiger partial charge in [0.15, 0.2) is 0 Å². The van der Waals surface area contributed by atoms with E-state index in [4.69, 9.17) is 14.2 Å². The predicted octanol–water partition coefficient (Wildman–Crippen LogP) is 13.3. The highest BCUT2D eigenvalue weighted by atomic mass is 16.5. The summed E-state index contributed by atoms with van der Waals surface area (Å²) in [5.74, 6) is -1.40. The quantitative estimate of drug-likeness (QED) is 0.0356. The largest absolute Gasteiger partial charge is 0.481 e. The molecule has 0 atom stereocenters. The molecule has 0 heterocycles. The smallest absolute Gasteiger partial charge is 0.307 e. The number of carbonyl (C=O) groups is 4.